The SMILES string of the molecule is COC(C)C(=O)OC(C)C(=O)OC(C)C(C)=O. The molecule has 17 heavy (non-hydrogen) atoms. The second-order valence-corrected chi connectivity index (χ2v) is 3.65. The number of esters is 2. The Morgan fingerprint density at radius 2 is 1.24 bits per heavy atom. The minimum Gasteiger partial charge on any atom is -0.452 e. The van der Waals surface area contributed by atoms with Crippen molar-refractivity contribution in [1.82, 2.24) is 0 Å². The van der Waals surface area contributed by atoms with E-state index in [4.69, 9.17) is 14.2 Å². The monoisotopic (exact) mass is 246 g/mol. The summed E-state index contributed by atoms with van der Waals surface area (Å²) in [7, 11) is 1.35. The average Bonchev–Trinajstić information content (AvgIpc) is 2.27. The molecule has 0 fully saturated rings. The van der Waals surface area contributed by atoms with Crippen molar-refractivity contribution < 1.29 is 28.6 Å². The van der Waals surface area contributed by atoms with E-state index in [1.165, 1.54) is 34.8 Å². The van der Waals surface area contributed by atoms with Crippen molar-refractivity contribution in [2.75, 3.05) is 7.11 Å². The van der Waals surface area contributed by atoms with Gasteiger partial charge in [0.05, 0.1) is 0 Å². The lowest BCUT2D eigenvalue weighted by atomic mass is 10.3. The molecule has 0 N–H and O–H groups in total. The fraction of sp³-hybridized carbons (Fsp3) is 0.727. The molecule has 0 aromatic rings. The van der Waals surface area contributed by atoms with Crippen LogP contribution >= 0.6 is 0 Å². The van der Waals surface area contributed by atoms with E-state index in [2.05, 4.69) is 0 Å². The summed E-state index contributed by atoms with van der Waals surface area (Å²) in [5.41, 5.74) is 0. The zero-order valence-electron chi connectivity index (χ0n) is 10.7. The molecule has 0 amide bonds. The Morgan fingerprint density at radius 3 is 1.65 bits per heavy atom. The van der Waals surface area contributed by atoms with Gasteiger partial charge in [-0.15, -0.1) is 0 Å². The number of rotatable bonds is 6. The second kappa shape index (κ2) is 7.01. The molecular weight excluding hydrogens is 228 g/mol. The maximum atomic E-state index is 11.4. The number of ketones is 1. The van der Waals surface area contributed by atoms with Crippen LogP contribution in [0.3, 0.4) is 0 Å². The molecule has 0 heterocycles. The van der Waals surface area contributed by atoms with Crippen molar-refractivity contribution in [3.63, 3.8) is 0 Å². The highest BCUT2D eigenvalue weighted by Gasteiger charge is 2.25. The molecule has 0 saturated heterocycles. The third-order valence-corrected chi connectivity index (χ3v) is 2.18. The molecule has 3 atom stereocenters. The largest absolute Gasteiger partial charge is 0.452 e. The Bertz CT molecular complexity index is 298. The molecule has 0 radical (unpaired) electrons. The highest BCUT2D eigenvalue weighted by atomic mass is 16.6. The number of methoxy groups -OCH3 is 1. The Kier molecular flexibility index (Phi) is 6.42. The molecule has 3 unspecified atom stereocenters. The molecule has 0 aliphatic heterocycles. The molecule has 0 aromatic carbocycles. The minimum atomic E-state index is -1.07. The first kappa shape index (κ1) is 15.6. The predicted molar refractivity (Wildman–Crippen MR) is 58.3 cm³/mol. The third kappa shape index (κ3) is 5.44. The van der Waals surface area contributed by atoms with Crippen molar-refractivity contribution in [2.45, 2.75) is 46.0 Å². The van der Waals surface area contributed by atoms with Gasteiger partial charge in [-0.25, -0.2) is 9.59 Å². The highest BCUT2D eigenvalue weighted by Crippen LogP contribution is 2.03. The fourth-order valence-corrected chi connectivity index (χ4v) is 0.767. The molecule has 0 bridgehead atoms. The number of hydrogen-bond donors (Lipinski definition) is 0. The highest BCUT2D eigenvalue weighted by molar-refractivity contribution is 5.85. The topological polar surface area (TPSA) is 78.9 Å². The van der Waals surface area contributed by atoms with Crippen molar-refractivity contribution in [3.05, 3.63) is 0 Å². The van der Waals surface area contributed by atoms with E-state index in [0.717, 1.165) is 0 Å². The molecule has 0 aromatic heterocycles. The second-order valence-electron chi connectivity index (χ2n) is 3.65. The van der Waals surface area contributed by atoms with Gasteiger partial charge in [0.25, 0.3) is 0 Å². The summed E-state index contributed by atoms with van der Waals surface area (Å²) < 4.78 is 14.3. The van der Waals surface area contributed by atoms with Crippen LogP contribution in [0.4, 0.5) is 0 Å². The normalized spacial score (nSPS) is 15.6. The molecule has 0 rings (SSSR count). The van der Waals surface area contributed by atoms with Gasteiger partial charge < -0.3 is 14.2 Å². The molecule has 6 heteroatoms. The van der Waals surface area contributed by atoms with Gasteiger partial charge in [0.15, 0.2) is 24.1 Å². The summed E-state index contributed by atoms with van der Waals surface area (Å²) >= 11 is 0. The molecule has 0 saturated carbocycles. The number of carbonyl (C=O) groups is 3. The molecule has 98 valence electrons. The Hall–Kier alpha value is -1.43. The van der Waals surface area contributed by atoms with Crippen molar-refractivity contribution in [1.29, 1.82) is 0 Å². The minimum absolute atomic E-state index is 0.276. The standard InChI is InChI=1S/C11H18O6/c1-6(12)7(2)16-11(14)9(4)17-10(13)8(3)15-5/h7-9H,1-5H3. The zero-order chi connectivity index (χ0) is 13.6. The van der Waals surface area contributed by atoms with E-state index in [0.29, 0.717) is 0 Å². The molecule has 0 aliphatic carbocycles. The van der Waals surface area contributed by atoms with Crippen LogP contribution in [-0.2, 0) is 28.6 Å². The first-order valence-electron chi connectivity index (χ1n) is 5.23. The van der Waals surface area contributed by atoms with Gasteiger partial charge in [-0.3, -0.25) is 4.79 Å². The average molecular weight is 246 g/mol. The Labute approximate surface area is 100 Å². The molecule has 0 spiro atoms. The van der Waals surface area contributed by atoms with E-state index in [1.54, 1.807) is 0 Å². The van der Waals surface area contributed by atoms with Crippen LogP contribution < -0.4 is 0 Å². The summed E-state index contributed by atoms with van der Waals surface area (Å²) in [5, 5.41) is 0. The van der Waals surface area contributed by atoms with Crippen molar-refractivity contribution in [3.8, 4) is 0 Å². The number of hydrogen-bond acceptors (Lipinski definition) is 6. The zero-order valence-corrected chi connectivity index (χ0v) is 10.7. The van der Waals surface area contributed by atoms with Crippen LogP contribution in [0.2, 0.25) is 0 Å². The summed E-state index contributed by atoms with van der Waals surface area (Å²) in [6.45, 7) is 5.63. The lowest BCUT2D eigenvalue weighted by Crippen LogP contribution is -2.34. The van der Waals surface area contributed by atoms with Gasteiger partial charge in [-0.05, 0) is 27.7 Å². The number of ether oxygens (including phenoxy) is 3. The molecule has 0 aliphatic rings. The first-order valence-corrected chi connectivity index (χ1v) is 5.23. The summed E-state index contributed by atoms with van der Waals surface area (Å²) in [6.07, 6.45) is -2.67. The van der Waals surface area contributed by atoms with E-state index < -0.39 is 30.3 Å². The summed E-state index contributed by atoms with van der Waals surface area (Å²) in [6, 6.07) is 0. The Morgan fingerprint density at radius 1 is 0.824 bits per heavy atom. The number of carbonyl (C=O) groups excluding carboxylic acids is 3. The van der Waals surface area contributed by atoms with E-state index in [1.807, 2.05) is 0 Å². The van der Waals surface area contributed by atoms with Gasteiger partial charge in [-0.1, -0.05) is 0 Å². The van der Waals surface area contributed by atoms with Crippen LogP contribution in [0.1, 0.15) is 27.7 Å². The third-order valence-electron chi connectivity index (χ3n) is 2.18. The van der Waals surface area contributed by atoms with Crippen LogP contribution in [0.15, 0.2) is 0 Å². The van der Waals surface area contributed by atoms with Gasteiger partial charge in [0, 0.05) is 7.11 Å². The number of Topliss-reactive ketones (excluding diaryl/α,β-unsaturated/α-hetero) is 1. The summed E-state index contributed by atoms with van der Waals surface area (Å²) in [4.78, 5) is 33.6. The predicted octanol–water partition coefficient (Wildman–Crippen LogP) is 0.474. The summed E-state index contributed by atoms with van der Waals surface area (Å²) in [5.74, 6) is -1.70. The van der Waals surface area contributed by atoms with E-state index >= 15 is 0 Å². The fourth-order valence-electron chi connectivity index (χ4n) is 0.767. The van der Waals surface area contributed by atoms with Gasteiger partial charge in [0.2, 0.25) is 0 Å². The molecule has 6 nitrogen and oxygen atoms in total. The quantitative estimate of drug-likeness (QED) is 0.634. The van der Waals surface area contributed by atoms with Gasteiger partial charge >= 0.3 is 11.9 Å². The van der Waals surface area contributed by atoms with Crippen molar-refractivity contribution >= 4 is 17.7 Å². The maximum Gasteiger partial charge on any atom is 0.347 e. The first-order chi connectivity index (χ1) is 7.79. The van der Waals surface area contributed by atoms with Crippen molar-refractivity contribution in [2.24, 2.45) is 0 Å². The smallest absolute Gasteiger partial charge is 0.347 e. The lowest BCUT2D eigenvalue weighted by Gasteiger charge is -2.17. The van der Waals surface area contributed by atoms with Crippen LogP contribution in [-0.4, -0.2) is 43.1 Å². The van der Waals surface area contributed by atoms with E-state index in [-0.39, 0.29) is 5.78 Å². The van der Waals surface area contributed by atoms with Gasteiger partial charge in [-0.2, -0.15) is 0 Å². The van der Waals surface area contributed by atoms with E-state index in [9.17, 15) is 14.4 Å². The van der Waals surface area contributed by atoms with Crippen LogP contribution in [0, 0.1) is 0 Å². The maximum absolute atomic E-state index is 11.4. The lowest BCUT2D eigenvalue weighted by molar-refractivity contribution is -0.175. The molecular formula is C11H18O6. The Balaban J connectivity index is 4.23. The van der Waals surface area contributed by atoms with Crippen LogP contribution in [0.5, 0.6) is 0 Å². The van der Waals surface area contributed by atoms with Gasteiger partial charge in [0.1, 0.15) is 0 Å². The van der Waals surface area contributed by atoms with Crippen LogP contribution in [0.25, 0.3) is 0 Å².